The Bertz CT molecular complexity index is 360. The number of hydrogen-bond donors (Lipinski definition) is 2. The topological polar surface area (TPSA) is 64.3 Å². The first kappa shape index (κ1) is 13.4. The van der Waals surface area contributed by atoms with Crippen LogP contribution in [0, 0.1) is 0 Å². The van der Waals surface area contributed by atoms with Crippen molar-refractivity contribution in [3.63, 3.8) is 0 Å². The first-order chi connectivity index (χ1) is 8.27. The summed E-state index contributed by atoms with van der Waals surface area (Å²) in [5.41, 5.74) is 3.67. The van der Waals surface area contributed by atoms with E-state index in [2.05, 4.69) is 12.0 Å². The van der Waals surface area contributed by atoms with E-state index < -0.39 is 0 Å². The molecule has 4 heteroatoms. The minimum atomic E-state index is -0.288. The fraction of sp³-hybridized carbons (Fsp3) is 0.308. The van der Waals surface area contributed by atoms with Gasteiger partial charge in [-0.2, -0.15) is 0 Å². The van der Waals surface area contributed by atoms with Crippen LogP contribution in [0.3, 0.4) is 0 Å². The van der Waals surface area contributed by atoms with Crippen LogP contribution in [0.25, 0.3) is 0 Å². The Hall–Kier alpha value is -1.65. The number of nitrogens with one attached hydrogen (secondary N) is 1. The van der Waals surface area contributed by atoms with Gasteiger partial charge in [0, 0.05) is 12.2 Å². The van der Waals surface area contributed by atoms with Crippen molar-refractivity contribution in [2.75, 3.05) is 6.61 Å². The van der Waals surface area contributed by atoms with E-state index in [0.717, 1.165) is 25.0 Å². The summed E-state index contributed by atoms with van der Waals surface area (Å²) in [5, 5.41) is 0. The molecule has 1 aromatic carbocycles. The van der Waals surface area contributed by atoms with E-state index in [4.69, 9.17) is 10.6 Å². The molecule has 0 bridgehead atoms. The number of rotatable bonds is 7. The van der Waals surface area contributed by atoms with Crippen LogP contribution in [0.5, 0.6) is 0 Å². The van der Waals surface area contributed by atoms with Crippen LogP contribution in [-0.4, -0.2) is 12.5 Å². The van der Waals surface area contributed by atoms with Gasteiger partial charge < -0.3 is 4.74 Å². The van der Waals surface area contributed by atoms with Crippen molar-refractivity contribution in [3.8, 4) is 0 Å². The predicted octanol–water partition coefficient (Wildman–Crippen LogP) is 1.77. The van der Waals surface area contributed by atoms with Crippen LogP contribution in [0.4, 0.5) is 0 Å². The Morgan fingerprint density at radius 2 is 2.12 bits per heavy atom. The highest BCUT2D eigenvalue weighted by Gasteiger charge is 2.02. The lowest BCUT2D eigenvalue weighted by atomic mass is 10.1. The number of benzene rings is 1. The number of hydrazine groups is 1. The average molecular weight is 234 g/mol. The number of unbranched alkanes of at least 4 members (excludes halogenated alkanes) is 1. The van der Waals surface area contributed by atoms with Gasteiger partial charge in [0.05, 0.1) is 6.61 Å². The van der Waals surface area contributed by atoms with Crippen molar-refractivity contribution in [2.24, 2.45) is 5.84 Å². The third-order valence-electron chi connectivity index (χ3n) is 2.31. The second kappa shape index (κ2) is 7.60. The molecule has 1 aromatic rings. The highest BCUT2D eigenvalue weighted by molar-refractivity contribution is 5.93. The van der Waals surface area contributed by atoms with Gasteiger partial charge in [-0.1, -0.05) is 18.2 Å². The molecule has 0 saturated carbocycles. The lowest BCUT2D eigenvalue weighted by Gasteiger charge is -2.04. The van der Waals surface area contributed by atoms with Crippen molar-refractivity contribution in [3.05, 3.63) is 48.0 Å². The molecule has 0 spiro atoms. The number of hydrogen-bond acceptors (Lipinski definition) is 3. The lowest BCUT2D eigenvalue weighted by Crippen LogP contribution is -2.29. The van der Waals surface area contributed by atoms with Crippen molar-refractivity contribution < 1.29 is 9.53 Å². The van der Waals surface area contributed by atoms with Crippen LogP contribution in [0.15, 0.2) is 36.9 Å². The van der Waals surface area contributed by atoms with E-state index >= 15 is 0 Å². The first-order valence-electron chi connectivity index (χ1n) is 5.56. The van der Waals surface area contributed by atoms with E-state index in [9.17, 15) is 4.79 Å². The standard InChI is InChI=1S/C13H18N2O2/c1-2-3-4-9-17-10-11-5-7-12(8-6-11)13(16)15-14/h2,5-8H,1,3-4,9-10,14H2,(H,15,16). The summed E-state index contributed by atoms with van der Waals surface area (Å²) in [6.07, 6.45) is 3.83. The summed E-state index contributed by atoms with van der Waals surface area (Å²) in [6, 6.07) is 7.17. The Labute approximate surface area is 101 Å². The maximum absolute atomic E-state index is 11.2. The normalized spacial score (nSPS) is 9.94. The Morgan fingerprint density at radius 1 is 1.41 bits per heavy atom. The molecule has 0 radical (unpaired) electrons. The van der Waals surface area contributed by atoms with Gasteiger partial charge in [0.25, 0.3) is 5.91 Å². The molecule has 1 amide bonds. The summed E-state index contributed by atoms with van der Waals surface area (Å²) >= 11 is 0. The molecule has 1 rings (SSSR count). The average Bonchev–Trinajstić information content (AvgIpc) is 2.38. The summed E-state index contributed by atoms with van der Waals surface area (Å²) in [6.45, 7) is 4.92. The largest absolute Gasteiger partial charge is 0.377 e. The van der Waals surface area contributed by atoms with Gasteiger partial charge in [-0.05, 0) is 30.5 Å². The quantitative estimate of drug-likeness (QED) is 0.248. The molecule has 0 aliphatic carbocycles. The second-order valence-electron chi connectivity index (χ2n) is 3.65. The number of carbonyl (C=O) groups excluding carboxylic acids is 1. The maximum Gasteiger partial charge on any atom is 0.265 e. The summed E-state index contributed by atoms with van der Waals surface area (Å²) in [5.74, 6) is 4.75. The van der Waals surface area contributed by atoms with Gasteiger partial charge in [0.15, 0.2) is 0 Å². The molecular formula is C13H18N2O2. The van der Waals surface area contributed by atoms with E-state index in [1.54, 1.807) is 12.1 Å². The van der Waals surface area contributed by atoms with Gasteiger partial charge in [-0.3, -0.25) is 10.2 Å². The van der Waals surface area contributed by atoms with Crippen molar-refractivity contribution in [1.29, 1.82) is 0 Å². The molecule has 92 valence electrons. The highest BCUT2D eigenvalue weighted by Crippen LogP contribution is 2.06. The number of allylic oxidation sites excluding steroid dienone is 1. The van der Waals surface area contributed by atoms with E-state index in [1.165, 1.54) is 0 Å². The molecule has 0 aliphatic rings. The zero-order chi connectivity index (χ0) is 12.5. The molecule has 0 aliphatic heterocycles. The van der Waals surface area contributed by atoms with Crippen LogP contribution in [0.2, 0.25) is 0 Å². The number of ether oxygens (including phenoxy) is 1. The minimum absolute atomic E-state index is 0.288. The second-order valence-corrected chi connectivity index (χ2v) is 3.65. The van der Waals surface area contributed by atoms with Gasteiger partial charge >= 0.3 is 0 Å². The van der Waals surface area contributed by atoms with E-state index in [1.807, 2.05) is 18.2 Å². The first-order valence-corrected chi connectivity index (χ1v) is 5.56. The number of amides is 1. The van der Waals surface area contributed by atoms with Gasteiger partial charge in [0.2, 0.25) is 0 Å². The number of carbonyl (C=O) groups is 1. The zero-order valence-corrected chi connectivity index (χ0v) is 9.82. The molecule has 0 aromatic heterocycles. The summed E-state index contributed by atoms with van der Waals surface area (Å²) < 4.78 is 5.48. The third kappa shape index (κ3) is 4.80. The van der Waals surface area contributed by atoms with Crippen molar-refractivity contribution >= 4 is 5.91 Å². The number of nitrogens with two attached hydrogens (primary N) is 1. The molecule has 0 fully saturated rings. The third-order valence-corrected chi connectivity index (χ3v) is 2.31. The fourth-order valence-corrected chi connectivity index (χ4v) is 1.36. The van der Waals surface area contributed by atoms with Crippen molar-refractivity contribution in [1.82, 2.24) is 5.43 Å². The predicted molar refractivity (Wildman–Crippen MR) is 67.2 cm³/mol. The van der Waals surface area contributed by atoms with Gasteiger partial charge in [-0.25, -0.2) is 5.84 Å². The van der Waals surface area contributed by atoms with Crippen LogP contribution in [0.1, 0.15) is 28.8 Å². The molecule has 3 N–H and O–H groups in total. The Balaban J connectivity index is 2.35. The van der Waals surface area contributed by atoms with Gasteiger partial charge in [-0.15, -0.1) is 6.58 Å². The zero-order valence-electron chi connectivity index (χ0n) is 9.82. The monoisotopic (exact) mass is 234 g/mol. The fourth-order valence-electron chi connectivity index (χ4n) is 1.36. The van der Waals surface area contributed by atoms with Crippen LogP contribution in [-0.2, 0) is 11.3 Å². The number of nitrogen functional groups attached to an aromatic ring is 1. The molecule has 4 nitrogen and oxygen atoms in total. The molecule has 0 atom stereocenters. The molecule has 0 heterocycles. The van der Waals surface area contributed by atoms with Crippen LogP contribution < -0.4 is 11.3 Å². The Morgan fingerprint density at radius 3 is 2.71 bits per heavy atom. The molecule has 17 heavy (non-hydrogen) atoms. The Kier molecular flexibility index (Phi) is 5.99. The summed E-state index contributed by atoms with van der Waals surface area (Å²) in [7, 11) is 0. The molecule has 0 saturated heterocycles. The smallest absolute Gasteiger partial charge is 0.265 e. The van der Waals surface area contributed by atoms with E-state index in [0.29, 0.717) is 12.2 Å². The SMILES string of the molecule is C=CCCCOCc1ccc(C(=O)NN)cc1. The minimum Gasteiger partial charge on any atom is -0.377 e. The van der Waals surface area contributed by atoms with Gasteiger partial charge in [0.1, 0.15) is 0 Å². The van der Waals surface area contributed by atoms with Crippen molar-refractivity contribution in [2.45, 2.75) is 19.4 Å². The van der Waals surface area contributed by atoms with E-state index in [-0.39, 0.29) is 5.91 Å². The molecular weight excluding hydrogens is 216 g/mol. The molecule has 0 unspecified atom stereocenters. The lowest BCUT2D eigenvalue weighted by molar-refractivity contribution is 0.0953. The summed E-state index contributed by atoms with van der Waals surface area (Å²) in [4.78, 5) is 11.2. The van der Waals surface area contributed by atoms with Crippen LogP contribution >= 0.6 is 0 Å². The maximum atomic E-state index is 11.2. The highest BCUT2D eigenvalue weighted by atomic mass is 16.5.